The lowest BCUT2D eigenvalue weighted by Gasteiger charge is -2.29. The fourth-order valence-corrected chi connectivity index (χ4v) is 8.52. The van der Waals surface area contributed by atoms with Gasteiger partial charge in [0.15, 0.2) is 0 Å². The molecule has 2 aliphatic heterocycles. The summed E-state index contributed by atoms with van der Waals surface area (Å²) in [6, 6.07) is 23.2. The molecule has 0 unspecified atom stereocenters. The number of carbonyl (C=O) groups excluding carboxylic acids is 2. The quantitative estimate of drug-likeness (QED) is 0.0559. The van der Waals surface area contributed by atoms with E-state index in [2.05, 4.69) is 63.6 Å². The van der Waals surface area contributed by atoms with Crippen LogP contribution < -0.4 is 35.8 Å². The van der Waals surface area contributed by atoms with E-state index in [1.165, 1.54) is 12.4 Å². The number of amides is 2. The molecule has 19 nitrogen and oxygen atoms in total. The Morgan fingerprint density at radius 1 is 0.750 bits per heavy atom. The maximum atomic E-state index is 13.9. The molecule has 3 aliphatic rings. The summed E-state index contributed by atoms with van der Waals surface area (Å²) in [6.07, 6.45) is 5.00. The molecule has 1 aliphatic carbocycles. The summed E-state index contributed by atoms with van der Waals surface area (Å²) in [4.78, 5) is 41.6. The number of aromatic nitrogens is 6. The lowest BCUT2D eigenvalue weighted by molar-refractivity contribution is 0.101. The standard InChI is InChI=1S/C53H59N13O6/c1-33-5-8-40(59-51(68)38-21-44(35-6-7-35)63-57-30-38)27-42(33)36-23-48(62-49(25-36)65-11-17-70-18-12-65)56-10-16-72-45-29-41(60-52(69)39-22-46(64-58-31-39)53(3,4)32-54)28-43(34(45)2)37-24-47(55-9-15-67)61-50(26-37)66-13-19-71-20-14-66/h5,8,21-31,35,67H,6-7,9-20H2,1-4H3,(H,55,61)(H,56,62)(H,59,68)(H,60,69). The molecule has 0 bridgehead atoms. The van der Waals surface area contributed by atoms with Crippen molar-refractivity contribution in [1.29, 1.82) is 5.26 Å². The minimum absolute atomic E-state index is 0.0734. The molecule has 1 saturated carbocycles. The summed E-state index contributed by atoms with van der Waals surface area (Å²) in [6.45, 7) is 13.3. The first-order valence-corrected chi connectivity index (χ1v) is 24.3. The number of aryl methyl sites for hydroxylation is 1. The number of nitrogens with one attached hydrogen (secondary N) is 4. The van der Waals surface area contributed by atoms with E-state index in [0.29, 0.717) is 112 Å². The third-order valence-electron chi connectivity index (χ3n) is 12.9. The van der Waals surface area contributed by atoms with Crippen molar-refractivity contribution in [2.24, 2.45) is 0 Å². The summed E-state index contributed by atoms with van der Waals surface area (Å²) < 4.78 is 17.9. The fourth-order valence-electron chi connectivity index (χ4n) is 8.52. The van der Waals surface area contributed by atoms with Gasteiger partial charge in [-0.1, -0.05) is 6.07 Å². The number of pyridine rings is 2. The first-order chi connectivity index (χ1) is 34.9. The molecule has 0 radical (unpaired) electrons. The Labute approximate surface area is 418 Å². The smallest absolute Gasteiger partial charge is 0.257 e. The molecule has 0 atom stereocenters. The zero-order chi connectivity index (χ0) is 50.2. The SMILES string of the molecule is Cc1ccc(NC(=O)c2cnnc(C3CC3)c2)cc1-c1cc(NCCOc2cc(NC(=O)c3cnnc(C(C)(C)C#N)c3)cc(-c3cc(NCCO)nc(N4CCOCC4)c3)c2C)nc(N2CCOCC2)c1. The number of rotatable bonds is 18. The van der Waals surface area contributed by atoms with Crippen LogP contribution in [0.25, 0.3) is 22.3 Å². The van der Waals surface area contributed by atoms with Crippen LogP contribution in [0.5, 0.6) is 5.75 Å². The van der Waals surface area contributed by atoms with E-state index in [9.17, 15) is 20.0 Å². The average Bonchev–Trinajstić information content (AvgIpc) is 4.27. The van der Waals surface area contributed by atoms with Gasteiger partial charge in [0.25, 0.3) is 11.8 Å². The van der Waals surface area contributed by atoms with Crippen LogP contribution in [0.2, 0.25) is 0 Å². The minimum atomic E-state index is -0.959. The van der Waals surface area contributed by atoms with Gasteiger partial charge in [-0.05, 0) is 129 Å². The molecule has 2 saturated heterocycles. The summed E-state index contributed by atoms with van der Waals surface area (Å²) in [7, 11) is 0. The molecule has 3 fully saturated rings. The highest BCUT2D eigenvalue weighted by Crippen LogP contribution is 2.40. The maximum Gasteiger partial charge on any atom is 0.257 e. The van der Waals surface area contributed by atoms with Gasteiger partial charge in [-0.25, -0.2) is 9.97 Å². The monoisotopic (exact) mass is 973 g/mol. The van der Waals surface area contributed by atoms with Crippen LogP contribution in [0.1, 0.15) is 75.8 Å². The molecule has 72 heavy (non-hydrogen) atoms. The molecule has 2 aromatic carbocycles. The average molecular weight is 974 g/mol. The Balaban J connectivity index is 0.990. The number of carbonyl (C=O) groups is 2. The van der Waals surface area contributed by atoms with Crippen LogP contribution in [-0.4, -0.2) is 126 Å². The first kappa shape index (κ1) is 49.2. The number of hydrogen-bond acceptors (Lipinski definition) is 17. The molecule has 372 valence electrons. The molecule has 19 heteroatoms. The van der Waals surface area contributed by atoms with Gasteiger partial charge < -0.3 is 50.4 Å². The normalized spacial score (nSPS) is 14.8. The van der Waals surface area contributed by atoms with E-state index in [-0.39, 0.29) is 24.7 Å². The van der Waals surface area contributed by atoms with Gasteiger partial charge in [0.1, 0.15) is 35.6 Å². The number of nitrogens with zero attached hydrogens (tertiary/aromatic N) is 9. The van der Waals surface area contributed by atoms with Crippen molar-refractivity contribution in [2.75, 3.05) is 110 Å². The fraction of sp³-hybridized carbons (Fsp3) is 0.377. The number of aliphatic hydroxyl groups is 1. The minimum Gasteiger partial charge on any atom is -0.491 e. The van der Waals surface area contributed by atoms with E-state index in [4.69, 9.17) is 24.2 Å². The molecule has 2 amide bonds. The number of ether oxygens (including phenoxy) is 3. The number of aliphatic hydroxyl groups excluding tert-OH is 1. The van der Waals surface area contributed by atoms with Crippen LogP contribution in [0.4, 0.5) is 34.6 Å². The summed E-state index contributed by atoms with van der Waals surface area (Å²) in [5.74, 6) is 2.99. The third kappa shape index (κ3) is 11.9. The van der Waals surface area contributed by atoms with Crippen LogP contribution in [0, 0.1) is 25.2 Å². The molecule has 9 rings (SSSR count). The lowest BCUT2D eigenvalue weighted by Crippen LogP contribution is -2.36. The molecule has 5 N–H and O–H groups in total. The van der Waals surface area contributed by atoms with Crippen molar-refractivity contribution in [3.8, 4) is 34.1 Å². The van der Waals surface area contributed by atoms with E-state index in [0.717, 1.165) is 63.6 Å². The van der Waals surface area contributed by atoms with Crippen molar-refractivity contribution < 1.29 is 28.9 Å². The largest absolute Gasteiger partial charge is 0.491 e. The lowest BCUT2D eigenvalue weighted by atomic mass is 9.90. The van der Waals surface area contributed by atoms with Gasteiger partial charge in [-0.3, -0.25) is 9.59 Å². The molecular formula is C53H59N13O6. The zero-order valence-electron chi connectivity index (χ0n) is 41.0. The van der Waals surface area contributed by atoms with Crippen molar-refractivity contribution in [3.05, 3.63) is 113 Å². The van der Waals surface area contributed by atoms with E-state index < -0.39 is 11.3 Å². The zero-order valence-corrected chi connectivity index (χ0v) is 41.0. The van der Waals surface area contributed by atoms with Gasteiger partial charge in [0, 0.05) is 56.1 Å². The van der Waals surface area contributed by atoms with Gasteiger partial charge in [-0.15, -0.1) is 0 Å². The number of anilines is 6. The van der Waals surface area contributed by atoms with Crippen LogP contribution in [0.15, 0.2) is 79.1 Å². The van der Waals surface area contributed by atoms with E-state index in [1.54, 1.807) is 26.0 Å². The second-order valence-corrected chi connectivity index (χ2v) is 18.6. The Morgan fingerprint density at radius 2 is 1.33 bits per heavy atom. The summed E-state index contributed by atoms with van der Waals surface area (Å²) >= 11 is 0. The van der Waals surface area contributed by atoms with Gasteiger partial charge >= 0.3 is 0 Å². The number of nitriles is 1. The topological polar surface area (TPSA) is 238 Å². The predicted octanol–water partition coefficient (Wildman–Crippen LogP) is 6.76. The van der Waals surface area contributed by atoms with Gasteiger partial charge in [0.05, 0.1) is 86.0 Å². The Bertz CT molecular complexity index is 2980. The Morgan fingerprint density at radius 3 is 1.96 bits per heavy atom. The number of morpholine rings is 2. The molecule has 6 heterocycles. The molecule has 6 aromatic rings. The molecule has 4 aromatic heterocycles. The molecular weight excluding hydrogens is 915 g/mol. The summed E-state index contributed by atoms with van der Waals surface area (Å²) in [5.41, 5.74) is 7.41. The summed E-state index contributed by atoms with van der Waals surface area (Å²) in [5, 5.41) is 48.8. The highest BCUT2D eigenvalue weighted by molar-refractivity contribution is 6.05. The van der Waals surface area contributed by atoms with Crippen molar-refractivity contribution in [1.82, 2.24) is 30.4 Å². The van der Waals surface area contributed by atoms with E-state index in [1.807, 2.05) is 62.4 Å². The molecule has 0 spiro atoms. The number of benzene rings is 2. The van der Waals surface area contributed by atoms with Crippen molar-refractivity contribution >= 4 is 46.5 Å². The second kappa shape index (κ2) is 22.1. The van der Waals surface area contributed by atoms with Gasteiger partial charge in [0.2, 0.25) is 0 Å². The Kier molecular flexibility index (Phi) is 15.1. The maximum absolute atomic E-state index is 13.9. The van der Waals surface area contributed by atoms with Crippen molar-refractivity contribution in [2.45, 2.75) is 51.9 Å². The second-order valence-electron chi connectivity index (χ2n) is 18.6. The van der Waals surface area contributed by atoms with Crippen LogP contribution in [0.3, 0.4) is 0 Å². The highest BCUT2D eigenvalue weighted by atomic mass is 16.5. The number of hydrogen-bond donors (Lipinski definition) is 5. The van der Waals surface area contributed by atoms with Crippen LogP contribution >= 0.6 is 0 Å². The van der Waals surface area contributed by atoms with Crippen molar-refractivity contribution in [3.63, 3.8) is 0 Å². The predicted molar refractivity (Wildman–Crippen MR) is 275 cm³/mol. The Hall–Kier alpha value is -7.79. The third-order valence-corrected chi connectivity index (χ3v) is 12.9. The van der Waals surface area contributed by atoms with E-state index >= 15 is 0 Å². The first-order valence-electron chi connectivity index (χ1n) is 24.3. The highest BCUT2D eigenvalue weighted by Gasteiger charge is 2.27. The van der Waals surface area contributed by atoms with Gasteiger partial charge in [-0.2, -0.15) is 25.7 Å². The van der Waals surface area contributed by atoms with Crippen LogP contribution in [-0.2, 0) is 14.9 Å².